The van der Waals surface area contributed by atoms with E-state index >= 15 is 0 Å². The van der Waals surface area contributed by atoms with Crippen LogP contribution in [0.1, 0.15) is 45.3 Å². The molecule has 0 bridgehead atoms. The minimum atomic E-state index is 0.151. The van der Waals surface area contributed by atoms with Gasteiger partial charge in [-0.2, -0.15) is 0 Å². The predicted octanol–water partition coefficient (Wildman–Crippen LogP) is 3.70. The summed E-state index contributed by atoms with van der Waals surface area (Å²) in [5.41, 5.74) is 2.65. The van der Waals surface area contributed by atoms with Gasteiger partial charge in [0.15, 0.2) is 0 Å². The average molecular weight is 252 g/mol. The molecule has 0 aliphatic rings. The Morgan fingerprint density at radius 3 is 2.53 bits per heavy atom. The number of hydrogen-bond donors (Lipinski definition) is 1. The molecule has 1 heterocycles. The van der Waals surface area contributed by atoms with Crippen LogP contribution < -0.4 is 5.32 Å². The van der Waals surface area contributed by atoms with Crippen LogP contribution in [-0.4, -0.2) is 18.6 Å². The van der Waals surface area contributed by atoms with Crippen molar-refractivity contribution in [1.29, 1.82) is 0 Å². The predicted molar refractivity (Wildman–Crippen MR) is 77.6 cm³/mol. The van der Waals surface area contributed by atoms with Crippen molar-refractivity contribution in [3.63, 3.8) is 0 Å². The molecule has 0 fully saturated rings. The molecule has 2 nitrogen and oxygen atoms in total. The van der Waals surface area contributed by atoms with Crippen LogP contribution in [0.15, 0.2) is 11.0 Å². The van der Waals surface area contributed by atoms with Crippen molar-refractivity contribution >= 4 is 17.4 Å². The Morgan fingerprint density at radius 2 is 2.12 bits per heavy atom. The summed E-state index contributed by atoms with van der Waals surface area (Å²) in [4.78, 5) is 4.70. The lowest BCUT2D eigenvalue weighted by Crippen LogP contribution is -2.14. The number of likely N-dealkylation sites (N-methyl/N-ethyl adjacent to an activating group) is 1. The van der Waals surface area contributed by atoms with Gasteiger partial charge in [0.05, 0.1) is 10.7 Å². The lowest BCUT2D eigenvalue weighted by Gasteiger charge is -2.13. The standard InChI is InChI=1S/C14H24N2S/c1-10(2)11(8-15-6)7-12-9-17-13(16-12)14(3,4)5/h7,9-10,15H,8H2,1-6H3. The van der Waals surface area contributed by atoms with Gasteiger partial charge in [0.25, 0.3) is 0 Å². The Balaban J connectivity index is 2.93. The molecule has 0 spiro atoms. The summed E-state index contributed by atoms with van der Waals surface area (Å²) in [5, 5.41) is 6.57. The van der Waals surface area contributed by atoms with E-state index in [1.54, 1.807) is 11.3 Å². The fourth-order valence-corrected chi connectivity index (χ4v) is 2.38. The van der Waals surface area contributed by atoms with Crippen molar-refractivity contribution in [2.75, 3.05) is 13.6 Å². The molecule has 0 atom stereocenters. The highest BCUT2D eigenvalue weighted by atomic mass is 32.1. The molecule has 17 heavy (non-hydrogen) atoms. The van der Waals surface area contributed by atoms with Crippen molar-refractivity contribution in [1.82, 2.24) is 10.3 Å². The summed E-state index contributed by atoms with van der Waals surface area (Å²) < 4.78 is 0. The first-order chi connectivity index (χ1) is 7.84. The largest absolute Gasteiger partial charge is 0.316 e. The van der Waals surface area contributed by atoms with Crippen molar-refractivity contribution in [2.45, 2.75) is 40.0 Å². The van der Waals surface area contributed by atoms with Crippen molar-refractivity contribution in [3.05, 3.63) is 21.7 Å². The SMILES string of the molecule is CNCC(=Cc1csc(C(C)(C)C)n1)C(C)C. The lowest BCUT2D eigenvalue weighted by molar-refractivity contribution is 0.585. The molecule has 0 saturated carbocycles. The van der Waals surface area contributed by atoms with Gasteiger partial charge in [-0.3, -0.25) is 0 Å². The normalized spacial score (nSPS) is 13.5. The maximum absolute atomic E-state index is 4.70. The van der Waals surface area contributed by atoms with Gasteiger partial charge < -0.3 is 5.32 Å². The zero-order valence-electron chi connectivity index (χ0n) is 11.8. The van der Waals surface area contributed by atoms with E-state index in [1.165, 1.54) is 10.6 Å². The maximum Gasteiger partial charge on any atom is 0.0985 e. The summed E-state index contributed by atoms with van der Waals surface area (Å²) in [6.45, 7) is 12.0. The average Bonchev–Trinajstić information content (AvgIpc) is 2.64. The summed E-state index contributed by atoms with van der Waals surface area (Å²) in [5.74, 6) is 0.558. The van der Waals surface area contributed by atoms with Crippen LogP contribution in [0.25, 0.3) is 6.08 Å². The molecule has 0 amide bonds. The van der Waals surface area contributed by atoms with Gasteiger partial charge in [-0.1, -0.05) is 40.2 Å². The van der Waals surface area contributed by atoms with E-state index in [9.17, 15) is 0 Å². The van der Waals surface area contributed by atoms with Crippen LogP contribution in [0.3, 0.4) is 0 Å². The second kappa shape index (κ2) is 5.78. The van der Waals surface area contributed by atoms with Gasteiger partial charge in [-0.25, -0.2) is 4.98 Å². The zero-order chi connectivity index (χ0) is 13.1. The Bertz CT molecular complexity index is 383. The number of rotatable bonds is 4. The molecule has 0 unspecified atom stereocenters. The Hall–Kier alpha value is -0.670. The fraction of sp³-hybridized carbons (Fsp3) is 0.643. The lowest BCUT2D eigenvalue weighted by atomic mass is 9.98. The summed E-state index contributed by atoms with van der Waals surface area (Å²) in [6.07, 6.45) is 2.22. The molecular weight excluding hydrogens is 228 g/mol. The Morgan fingerprint density at radius 1 is 1.47 bits per heavy atom. The first-order valence-electron chi connectivity index (χ1n) is 6.15. The van der Waals surface area contributed by atoms with Gasteiger partial charge in [0, 0.05) is 17.3 Å². The highest BCUT2D eigenvalue weighted by Crippen LogP contribution is 2.26. The molecule has 0 radical (unpaired) electrons. The van der Waals surface area contributed by atoms with E-state index in [0.29, 0.717) is 5.92 Å². The Labute approximate surface area is 109 Å². The number of nitrogens with one attached hydrogen (secondary N) is 1. The van der Waals surface area contributed by atoms with Gasteiger partial charge in [0.1, 0.15) is 0 Å². The second-order valence-electron chi connectivity index (χ2n) is 5.73. The molecule has 0 saturated heterocycles. The van der Waals surface area contributed by atoms with E-state index in [1.807, 2.05) is 7.05 Å². The third-order valence-corrected chi connectivity index (χ3v) is 3.91. The number of aromatic nitrogens is 1. The van der Waals surface area contributed by atoms with Crippen molar-refractivity contribution in [3.8, 4) is 0 Å². The smallest absolute Gasteiger partial charge is 0.0985 e. The van der Waals surface area contributed by atoms with E-state index in [-0.39, 0.29) is 5.41 Å². The topological polar surface area (TPSA) is 24.9 Å². The van der Waals surface area contributed by atoms with Crippen LogP contribution in [0, 0.1) is 5.92 Å². The highest BCUT2D eigenvalue weighted by molar-refractivity contribution is 7.09. The van der Waals surface area contributed by atoms with E-state index in [4.69, 9.17) is 4.98 Å². The van der Waals surface area contributed by atoms with Crippen LogP contribution in [0.4, 0.5) is 0 Å². The molecule has 0 aliphatic carbocycles. The van der Waals surface area contributed by atoms with Gasteiger partial charge in [-0.15, -0.1) is 11.3 Å². The zero-order valence-corrected chi connectivity index (χ0v) is 12.6. The molecule has 0 aromatic carbocycles. The number of hydrogen-bond acceptors (Lipinski definition) is 3. The molecule has 1 rings (SSSR count). The number of thiazole rings is 1. The first kappa shape index (κ1) is 14.4. The first-order valence-corrected chi connectivity index (χ1v) is 7.03. The molecule has 1 N–H and O–H groups in total. The minimum Gasteiger partial charge on any atom is -0.316 e. The molecule has 0 aliphatic heterocycles. The molecule has 96 valence electrons. The molecule has 1 aromatic heterocycles. The number of nitrogens with zero attached hydrogens (tertiary/aromatic N) is 1. The summed E-state index contributed by atoms with van der Waals surface area (Å²) >= 11 is 1.75. The van der Waals surface area contributed by atoms with Crippen molar-refractivity contribution in [2.24, 2.45) is 5.92 Å². The van der Waals surface area contributed by atoms with Gasteiger partial charge >= 0.3 is 0 Å². The molecular formula is C14H24N2S. The second-order valence-corrected chi connectivity index (χ2v) is 6.59. The summed E-state index contributed by atoms with van der Waals surface area (Å²) in [6, 6.07) is 0. The highest BCUT2D eigenvalue weighted by Gasteiger charge is 2.17. The van der Waals surface area contributed by atoms with E-state index in [2.05, 4.69) is 51.4 Å². The maximum atomic E-state index is 4.70. The van der Waals surface area contributed by atoms with Crippen molar-refractivity contribution < 1.29 is 0 Å². The van der Waals surface area contributed by atoms with Crippen LogP contribution in [0.5, 0.6) is 0 Å². The monoisotopic (exact) mass is 252 g/mol. The quantitative estimate of drug-likeness (QED) is 0.884. The third-order valence-electron chi connectivity index (χ3n) is 2.62. The van der Waals surface area contributed by atoms with Gasteiger partial charge in [0.2, 0.25) is 0 Å². The molecule has 1 aromatic rings. The third kappa shape index (κ3) is 4.25. The fourth-order valence-electron chi connectivity index (χ4n) is 1.51. The van der Waals surface area contributed by atoms with E-state index < -0.39 is 0 Å². The molecule has 3 heteroatoms. The minimum absolute atomic E-state index is 0.151. The van der Waals surface area contributed by atoms with Crippen LogP contribution in [-0.2, 0) is 5.41 Å². The van der Waals surface area contributed by atoms with Crippen LogP contribution >= 0.6 is 11.3 Å². The van der Waals surface area contributed by atoms with Gasteiger partial charge in [-0.05, 0) is 19.0 Å². The van der Waals surface area contributed by atoms with E-state index in [0.717, 1.165) is 12.2 Å². The summed E-state index contributed by atoms with van der Waals surface area (Å²) in [7, 11) is 1.98. The Kier molecular flexibility index (Phi) is 4.90. The van der Waals surface area contributed by atoms with Crippen LogP contribution in [0.2, 0.25) is 0 Å².